The van der Waals surface area contributed by atoms with Gasteiger partial charge in [-0.3, -0.25) is 9.69 Å². The van der Waals surface area contributed by atoms with Crippen LogP contribution in [-0.2, 0) is 11.3 Å². The molecule has 112 valence electrons. The van der Waals surface area contributed by atoms with Crippen molar-refractivity contribution in [3.63, 3.8) is 0 Å². The number of carbonyl (C=O) groups excluding carboxylic acids is 1. The largest absolute Gasteiger partial charge is 0.374 e. The van der Waals surface area contributed by atoms with Gasteiger partial charge in [-0.15, -0.1) is 0 Å². The lowest BCUT2D eigenvalue weighted by Gasteiger charge is -2.35. The average molecular weight is 286 g/mol. The van der Waals surface area contributed by atoms with Gasteiger partial charge < -0.3 is 9.30 Å². The summed E-state index contributed by atoms with van der Waals surface area (Å²) >= 11 is 0. The van der Waals surface area contributed by atoms with Crippen molar-refractivity contribution in [2.45, 2.75) is 32.5 Å². The smallest absolute Gasteiger partial charge is 0.152 e. The third kappa shape index (κ3) is 2.87. The van der Waals surface area contributed by atoms with E-state index in [0.717, 1.165) is 49.0 Å². The Morgan fingerprint density at radius 1 is 1.38 bits per heavy atom. The normalized spacial score (nSPS) is 20.2. The highest BCUT2D eigenvalue weighted by Crippen LogP contribution is 2.21. The minimum atomic E-state index is 0.177. The highest BCUT2D eigenvalue weighted by atomic mass is 16.5. The SMILES string of the molecule is CC(C)N1CCOC(Cn2ccc3cccc(C=O)c32)C1. The molecule has 1 saturated heterocycles. The second-order valence-electron chi connectivity index (χ2n) is 5.95. The molecule has 1 aromatic carbocycles. The molecule has 1 unspecified atom stereocenters. The predicted molar refractivity (Wildman–Crippen MR) is 83.8 cm³/mol. The molecule has 0 amide bonds. The summed E-state index contributed by atoms with van der Waals surface area (Å²) < 4.78 is 8.05. The van der Waals surface area contributed by atoms with Gasteiger partial charge in [-0.25, -0.2) is 0 Å². The molecule has 1 aliphatic heterocycles. The Bertz CT molecular complexity index is 633. The summed E-state index contributed by atoms with van der Waals surface area (Å²) in [6, 6.07) is 8.44. The van der Waals surface area contributed by atoms with E-state index in [1.807, 2.05) is 18.2 Å². The maximum atomic E-state index is 11.3. The van der Waals surface area contributed by atoms with Gasteiger partial charge in [0.05, 0.1) is 24.8 Å². The molecule has 0 bridgehead atoms. The molecule has 0 radical (unpaired) electrons. The number of aromatic nitrogens is 1. The molecule has 4 heteroatoms. The van der Waals surface area contributed by atoms with Crippen LogP contribution in [0, 0.1) is 0 Å². The topological polar surface area (TPSA) is 34.5 Å². The summed E-state index contributed by atoms with van der Waals surface area (Å²) in [5.74, 6) is 0. The minimum Gasteiger partial charge on any atom is -0.374 e. The van der Waals surface area contributed by atoms with Crippen molar-refractivity contribution in [2.75, 3.05) is 19.7 Å². The molecular weight excluding hydrogens is 264 g/mol. The lowest BCUT2D eigenvalue weighted by atomic mass is 10.1. The van der Waals surface area contributed by atoms with Gasteiger partial charge in [0.1, 0.15) is 0 Å². The summed E-state index contributed by atoms with van der Waals surface area (Å²) in [5.41, 5.74) is 1.76. The van der Waals surface area contributed by atoms with Crippen molar-refractivity contribution in [2.24, 2.45) is 0 Å². The molecule has 2 aromatic rings. The maximum Gasteiger partial charge on any atom is 0.152 e. The lowest BCUT2D eigenvalue weighted by Crippen LogP contribution is -2.47. The molecule has 1 aliphatic rings. The number of para-hydroxylation sites is 1. The third-order valence-electron chi connectivity index (χ3n) is 4.25. The number of nitrogens with zero attached hydrogens (tertiary/aromatic N) is 2. The Morgan fingerprint density at radius 2 is 2.24 bits per heavy atom. The van der Waals surface area contributed by atoms with Gasteiger partial charge in [0.15, 0.2) is 6.29 Å². The van der Waals surface area contributed by atoms with Crippen molar-refractivity contribution in [3.8, 4) is 0 Å². The molecule has 1 atom stereocenters. The number of rotatable bonds is 4. The number of benzene rings is 1. The molecule has 0 aliphatic carbocycles. The zero-order chi connectivity index (χ0) is 14.8. The Morgan fingerprint density at radius 3 is 3.00 bits per heavy atom. The summed E-state index contributed by atoms with van der Waals surface area (Å²) in [4.78, 5) is 13.7. The summed E-state index contributed by atoms with van der Waals surface area (Å²) in [7, 11) is 0. The van der Waals surface area contributed by atoms with Gasteiger partial charge in [0.2, 0.25) is 0 Å². The van der Waals surface area contributed by atoms with Crippen LogP contribution < -0.4 is 0 Å². The Kier molecular flexibility index (Phi) is 4.08. The van der Waals surface area contributed by atoms with Gasteiger partial charge in [0, 0.05) is 36.3 Å². The van der Waals surface area contributed by atoms with E-state index >= 15 is 0 Å². The van der Waals surface area contributed by atoms with Crippen molar-refractivity contribution in [3.05, 3.63) is 36.0 Å². The molecule has 1 fully saturated rings. The van der Waals surface area contributed by atoms with Crippen LogP contribution in [0.2, 0.25) is 0 Å². The highest BCUT2D eigenvalue weighted by molar-refractivity contribution is 5.96. The number of carbonyl (C=O) groups is 1. The van der Waals surface area contributed by atoms with Crippen LogP contribution in [0.5, 0.6) is 0 Å². The van der Waals surface area contributed by atoms with E-state index in [1.165, 1.54) is 0 Å². The number of ether oxygens (including phenoxy) is 1. The van der Waals surface area contributed by atoms with E-state index < -0.39 is 0 Å². The average Bonchev–Trinajstić information content (AvgIpc) is 2.91. The van der Waals surface area contributed by atoms with E-state index in [0.29, 0.717) is 6.04 Å². The van der Waals surface area contributed by atoms with Crippen molar-refractivity contribution in [1.29, 1.82) is 0 Å². The van der Waals surface area contributed by atoms with Crippen LogP contribution in [0.15, 0.2) is 30.5 Å². The highest BCUT2D eigenvalue weighted by Gasteiger charge is 2.23. The van der Waals surface area contributed by atoms with Crippen LogP contribution in [0.4, 0.5) is 0 Å². The van der Waals surface area contributed by atoms with Gasteiger partial charge in [-0.05, 0) is 26.0 Å². The van der Waals surface area contributed by atoms with Crippen LogP contribution in [0.3, 0.4) is 0 Å². The molecule has 0 saturated carbocycles. The second-order valence-corrected chi connectivity index (χ2v) is 5.95. The van der Waals surface area contributed by atoms with Crippen LogP contribution >= 0.6 is 0 Å². The molecule has 21 heavy (non-hydrogen) atoms. The molecular formula is C17H22N2O2. The van der Waals surface area contributed by atoms with Gasteiger partial charge in [0.25, 0.3) is 0 Å². The monoisotopic (exact) mass is 286 g/mol. The zero-order valence-electron chi connectivity index (χ0n) is 12.7. The van der Waals surface area contributed by atoms with E-state index in [-0.39, 0.29) is 6.10 Å². The number of fused-ring (bicyclic) bond motifs is 1. The van der Waals surface area contributed by atoms with Gasteiger partial charge in [-0.1, -0.05) is 12.1 Å². The summed E-state index contributed by atoms with van der Waals surface area (Å²) in [5, 5.41) is 1.11. The van der Waals surface area contributed by atoms with Crippen molar-refractivity contribution < 1.29 is 9.53 Å². The van der Waals surface area contributed by atoms with E-state index in [4.69, 9.17) is 4.74 Å². The van der Waals surface area contributed by atoms with Crippen LogP contribution in [0.1, 0.15) is 24.2 Å². The van der Waals surface area contributed by atoms with Crippen molar-refractivity contribution in [1.82, 2.24) is 9.47 Å². The Labute approximate surface area is 125 Å². The predicted octanol–water partition coefficient (Wildman–Crippen LogP) is 2.56. The van der Waals surface area contributed by atoms with Crippen LogP contribution in [0.25, 0.3) is 10.9 Å². The van der Waals surface area contributed by atoms with Crippen LogP contribution in [-0.4, -0.2) is 47.6 Å². The standard InChI is InChI=1S/C17H22N2O2/c1-13(2)18-8-9-21-16(10-18)11-19-7-6-14-4-3-5-15(12-20)17(14)19/h3-7,12-13,16H,8-11H2,1-2H3. The first-order chi connectivity index (χ1) is 10.2. The first-order valence-corrected chi connectivity index (χ1v) is 7.57. The van der Waals surface area contributed by atoms with Crippen molar-refractivity contribution >= 4 is 17.2 Å². The number of morpholine rings is 1. The van der Waals surface area contributed by atoms with Gasteiger partial charge in [-0.2, -0.15) is 0 Å². The molecule has 3 rings (SSSR count). The molecule has 4 nitrogen and oxygen atoms in total. The minimum absolute atomic E-state index is 0.177. The Balaban J connectivity index is 1.83. The lowest BCUT2D eigenvalue weighted by molar-refractivity contribution is -0.0451. The molecule has 0 spiro atoms. The maximum absolute atomic E-state index is 11.3. The van der Waals surface area contributed by atoms with Gasteiger partial charge >= 0.3 is 0 Å². The Hall–Kier alpha value is -1.65. The van der Waals surface area contributed by atoms with E-state index in [9.17, 15) is 4.79 Å². The number of hydrogen-bond acceptors (Lipinski definition) is 3. The first kappa shape index (κ1) is 14.3. The summed E-state index contributed by atoms with van der Waals surface area (Å²) in [6.45, 7) is 7.96. The van der Waals surface area contributed by atoms with E-state index in [2.05, 4.69) is 35.6 Å². The molecule has 0 N–H and O–H groups in total. The van der Waals surface area contributed by atoms with E-state index in [1.54, 1.807) is 0 Å². The molecule has 2 heterocycles. The number of hydrogen-bond donors (Lipinski definition) is 0. The fourth-order valence-electron chi connectivity index (χ4n) is 3.08. The first-order valence-electron chi connectivity index (χ1n) is 7.57. The number of aldehydes is 1. The fraction of sp³-hybridized carbons (Fsp3) is 0.471. The fourth-order valence-corrected chi connectivity index (χ4v) is 3.08. The second kappa shape index (κ2) is 6.00. The summed E-state index contributed by atoms with van der Waals surface area (Å²) in [6.07, 6.45) is 3.16. The third-order valence-corrected chi connectivity index (χ3v) is 4.25. The quantitative estimate of drug-likeness (QED) is 0.810. The molecule has 1 aromatic heterocycles. The zero-order valence-corrected chi connectivity index (χ0v) is 12.7.